The van der Waals surface area contributed by atoms with E-state index in [1.54, 1.807) is 33.0 Å². The van der Waals surface area contributed by atoms with Crippen molar-refractivity contribution in [1.82, 2.24) is 4.90 Å². The zero-order valence-corrected chi connectivity index (χ0v) is 11.2. The first-order chi connectivity index (χ1) is 7.84. The summed E-state index contributed by atoms with van der Waals surface area (Å²) in [5.74, 6) is 0.319. The fourth-order valence-electron chi connectivity index (χ4n) is 1.71. The van der Waals surface area contributed by atoms with E-state index < -0.39 is 17.2 Å². The molecular formula is C12H18ClNO3. The van der Waals surface area contributed by atoms with Gasteiger partial charge in [-0.3, -0.25) is 4.90 Å². The van der Waals surface area contributed by atoms with Crippen molar-refractivity contribution in [2.24, 2.45) is 0 Å². The molecule has 0 saturated carbocycles. The largest absolute Gasteiger partial charge is 0.443 e. The molecular weight excluding hydrogens is 242 g/mol. The van der Waals surface area contributed by atoms with Crippen LogP contribution in [0.5, 0.6) is 0 Å². The van der Waals surface area contributed by atoms with Crippen LogP contribution < -0.4 is 0 Å². The molecule has 0 N–H and O–H groups in total. The summed E-state index contributed by atoms with van der Waals surface area (Å²) in [6.45, 7) is 5.36. The lowest BCUT2D eigenvalue weighted by Crippen LogP contribution is -2.49. The molecule has 1 heterocycles. The number of hydrogen-bond acceptors (Lipinski definition) is 3. The van der Waals surface area contributed by atoms with Gasteiger partial charge in [0.1, 0.15) is 17.4 Å². The minimum absolute atomic E-state index is 0.319. The minimum atomic E-state index is -0.871. The van der Waals surface area contributed by atoms with E-state index in [9.17, 15) is 9.59 Å². The molecule has 1 rings (SSSR count). The summed E-state index contributed by atoms with van der Waals surface area (Å²) in [6, 6.07) is 0. The summed E-state index contributed by atoms with van der Waals surface area (Å²) < 4.78 is 5.26. The Morgan fingerprint density at radius 2 is 2.24 bits per heavy atom. The number of aldehydes is 1. The van der Waals surface area contributed by atoms with Crippen molar-refractivity contribution in [2.75, 3.05) is 5.88 Å². The average Bonchev–Trinajstić information content (AvgIpc) is 2.60. The van der Waals surface area contributed by atoms with Gasteiger partial charge in [0.2, 0.25) is 0 Å². The SMILES string of the molecule is CC(C)(C)OC(=O)N1C=CCC1(C=O)CCCl. The monoisotopic (exact) mass is 259 g/mol. The molecule has 0 aliphatic carbocycles. The molecule has 0 aromatic carbocycles. The summed E-state index contributed by atoms with van der Waals surface area (Å²) in [5, 5.41) is 0. The summed E-state index contributed by atoms with van der Waals surface area (Å²) in [5.41, 5.74) is -1.45. The Kier molecular flexibility index (Phi) is 4.20. The number of carbonyl (C=O) groups is 2. The van der Waals surface area contributed by atoms with Crippen LogP contribution in [0.1, 0.15) is 33.6 Å². The molecule has 0 aromatic heterocycles. The Bertz CT molecular complexity index is 335. The number of rotatable bonds is 3. The molecule has 1 aliphatic heterocycles. The summed E-state index contributed by atoms with van der Waals surface area (Å²) >= 11 is 5.69. The highest BCUT2D eigenvalue weighted by Crippen LogP contribution is 2.30. The lowest BCUT2D eigenvalue weighted by Gasteiger charge is -2.34. The molecule has 0 saturated heterocycles. The summed E-state index contributed by atoms with van der Waals surface area (Å²) in [7, 11) is 0. The molecule has 96 valence electrons. The van der Waals surface area contributed by atoms with Gasteiger partial charge in [-0.05, 0) is 33.6 Å². The molecule has 5 heteroatoms. The third-order valence-electron chi connectivity index (χ3n) is 2.54. The van der Waals surface area contributed by atoms with Crippen molar-refractivity contribution in [3.63, 3.8) is 0 Å². The molecule has 1 unspecified atom stereocenters. The van der Waals surface area contributed by atoms with Crippen LogP contribution in [0.4, 0.5) is 4.79 Å². The number of carbonyl (C=O) groups excluding carboxylic acids is 2. The number of nitrogens with zero attached hydrogens (tertiary/aromatic N) is 1. The highest BCUT2D eigenvalue weighted by Gasteiger charge is 2.42. The molecule has 0 spiro atoms. The fourth-order valence-corrected chi connectivity index (χ4v) is 2.04. The Balaban J connectivity index is 2.84. The van der Waals surface area contributed by atoms with E-state index in [-0.39, 0.29) is 0 Å². The van der Waals surface area contributed by atoms with Gasteiger partial charge >= 0.3 is 6.09 Å². The van der Waals surface area contributed by atoms with Crippen molar-refractivity contribution in [2.45, 2.75) is 44.8 Å². The average molecular weight is 260 g/mol. The van der Waals surface area contributed by atoms with Gasteiger partial charge in [-0.15, -0.1) is 11.6 Å². The second-order valence-corrected chi connectivity index (χ2v) is 5.48. The normalized spacial score (nSPS) is 23.9. The highest BCUT2D eigenvalue weighted by atomic mass is 35.5. The van der Waals surface area contributed by atoms with Crippen LogP contribution in [0.3, 0.4) is 0 Å². The van der Waals surface area contributed by atoms with Gasteiger partial charge < -0.3 is 9.53 Å². The third kappa shape index (κ3) is 3.22. The van der Waals surface area contributed by atoms with Crippen molar-refractivity contribution in [1.29, 1.82) is 0 Å². The maximum absolute atomic E-state index is 12.0. The van der Waals surface area contributed by atoms with E-state index >= 15 is 0 Å². The van der Waals surface area contributed by atoms with E-state index in [0.717, 1.165) is 6.29 Å². The van der Waals surface area contributed by atoms with Crippen molar-refractivity contribution >= 4 is 24.0 Å². The molecule has 1 amide bonds. The van der Waals surface area contributed by atoms with Gasteiger partial charge in [-0.2, -0.15) is 0 Å². The van der Waals surface area contributed by atoms with Crippen LogP contribution >= 0.6 is 11.6 Å². The second-order valence-electron chi connectivity index (χ2n) is 5.10. The van der Waals surface area contributed by atoms with Gasteiger partial charge in [0.15, 0.2) is 0 Å². The quantitative estimate of drug-likeness (QED) is 0.578. The van der Waals surface area contributed by atoms with Crippen LogP contribution in [-0.4, -0.2) is 34.3 Å². The van der Waals surface area contributed by atoms with E-state index in [2.05, 4.69) is 0 Å². The van der Waals surface area contributed by atoms with E-state index in [0.29, 0.717) is 18.7 Å². The van der Waals surface area contributed by atoms with Gasteiger partial charge in [-0.1, -0.05) is 6.08 Å². The van der Waals surface area contributed by atoms with Gasteiger partial charge in [0.05, 0.1) is 0 Å². The van der Waals surface area contributed by atoms with Crippen LogP contribution in [-0.2, 0) is 9.53 Å². The number of alkyl halides is 1. The van der Waals surface area contributed by atoms with E-state index in [4.69, 9.17) is 16.3 Å². The Morgan fingerprint density at radius 3 is 2.71 bits per heavy atom. The standard InChI is InChI=1S/C12H18ClNO3/c1-11(2,3)17-10(16)14-8-4-5-12(14,9-15)6-7-13/h4,8-9H,5-7H2,1-3H3. The topological polar surface area (TPSA) is 46.6 Å². The predicted molar refractivity (Wildman–Crippen MR) is 66.0 cm³/mol. The van der Waals surface area contributed by atoms with Crippen molar-refractivity contribution in [3.05, 3.63) is 12.3 Å². The fraction of sp³-hybridized carbons (Fsp3) is 0.667. The minimum Gasteiger partial charge on any atom is -0.443 e. The van der Waals surface area contributed by atoms with E-state index in [1.165, 1.54) is 4.90 Å². The molecule has 0 radical (unpaired) electrons. The molecule has 0 fully saturated rings. The molecule has 1 atom stereocenters. The van der Waals surface area contributed by atoms with Gasteiger partial charge in [0.25, 0.3) is 0 Å². The highest BCUT2D eigenvalue weighted by molar-refractivity contribution is 6.18. The maximum atomic E-state index is 12.0. The Hall–Kier alpha value is -1.03. The van der Waals surface area contributed by atoms with Crippen molar-refractivity contribution in [3.8, 4) is 0 Å². The zero-order valence-electron chi connectivity index (χ0n) is 10.4. The molecule has 0 aromatic rings. The predicted octanol–water partition coefficient (Wildman–Crippen LogP) is 2.71. The smallest absolute Gasteiger partial charge is 0.415 e. The summed E-state index contributed by atoms with van der Waals surface area (Å²) in [4.78, 5) is 24.6. The van der Waals surface area contributed by atoms with Crippen molar-refractivity contribution < 1.29 is 14.3 Å². The number of amides is 1. The molecule has 1 aliphatic rings. The van der Waals surface area contributed by atoms with Gasteiger partial charge in [-0.25, -0.2) is 4.79 Å². The third-order valence-corrected chi connectivity index (χ3v) is 2.73. The van der Waals surface area contributed by atoms with Crippen LogP contribution in [0.15, 0.2) is 12.3 Å². The molecule has 4 nitrogen and oxygen atoms in total. The first kappa shape index (κ1) is 14.0. The van der Waals surface area contributed by atoms with E-state index in [1.807, 2.05) is 0 Å². The van der Waals surface area contributed by atoms with Gasteiger partial charge in [0, 0.05) is 12.1 Å². The first-order valence-electron chi connectivity index (χ1n) is 5.56. The van der Waals surface area contributed by atoms with Crippen LogP contribution in [0.2, 0.25) is 0 Å². The zero-order chi connectivity index (χ0) is 13.1. The second kappa shape index (κ2) is 5.08. The maximum Gasteiger partial charge on any atom is 0.415 e. The first-order valence-corrected chi connectivity index (χ1v) is 6.09. The molecule has 17 heavy (non-hydrogen) atoms. The Morgan fingerprint density at radius 1 is 1.59 bits per heavy atom. The van der Waals surface area contributed by atoms with Crippen LogP contribution in [0.25, 0.3) is 0 Å². The Labute approximate surface area is 107 Å². The molecule has 0 bridgehead atoms. The van der Waals surface area contributed by atoms with Crippen LogP contribution in [0, 0.1) is 0 Å². The number of ether oxygens (including phenoxy) is 1. The number of halogens is 1. The summed E-state index contributed by atoms with van der Waals surface area (Å²) in [6.07, 6.45) is 4.55. The lowest BCUT2D eigenvalue weighted by molar-refractivity contribution is -0.116. The lowest BCUT2D eigenvalue weighted by atomic mass is 9.95. The number of hydrogen-bond donors (Lipinski definition) is 0.